The lowest BCUT2D eigenvalue weighted by atomic mass is 9.97. The molecule has 0 saturated carbocycles. The summed E-state index contributed by atoms with van der Waals surface area (Å²) in [6.07, 6.45) is 0. The number of halogens is 1. The Labute approximate surface area is 187 Å². The maximum absolute atomic E-state index is 15.0. The largest absolute Gasteiger partial charge is 0.478 e. The molecule has 0 fully saturated rings. The molecule has 1 heterocycles. The molecule has 5 aromatic rings. The van der Waals surface area contributed by atoms with Gasteiger partial charge in [0.2, 0.25) is 0 Å². The Kier molecular flexibility index (Phi) is 4.90. The normalized spacial score (nSPS) is 11.2. The molecule has 5 nitrogen and oxygen atoms in total. The Bertz CT molecular complexity index is 1570. The van der Waals surface area contributed by atoms with Gasteiger partial charge in [-0.3, -0.25) is 0 Å². The zero-order chi connectivity index (χ0) is 23.1. The highest BCUT2D eigenvalue weighted by Crippen LogP contribution is 2.40. The van der Waals surface area contributed by atoms with Crippen LogP contribution in [0.4, 0.5) is 4.39 Å². The highest BCUT2D eigenvalue weighted by atomic mass is 19.1. The fourth-order valence-corrected chi connectivity index (χ4v) is 4.42. The standard InChI is InChI=1S/C27H18FNO4/c28-21-11-4-3-10-20(21)24-23-19-9-2-1-7-17(19)12-13-22(23)29(25(24)27(32)33)15-16-6-5-8-18(14-16)26(30)31/h1-14H,15H2,(H,30,31)(H,32,33). The number of rotatable bonds is 5. The lowest BCUT2D eigenvalue weighted by Gasteiger charge is -2.10. The fraction of sp³-hybridized carbons (Fsp3) is 0.0370. The van der Waals surface area contributed by atoms with Crippen LogP contribution in [0.2, 0.25) is 0 Å². The van der Waals surface area contributed by atoms with E-state index in [4.69, 9.17) is 0 Å². The molecule has 0 radical (unpaired) electrons. The minimum Gasteiger partial charge on any atom is -0.478 e. The Hall–Kier alpha value is -4.45. The van der Waals surface area contributed by atoms with E-state index in [1.165, 1.54) is 18.2 Å². The molecule has 0 aliphatic heterocycles. The Morgan fingerprint density at radius 1 is 0.818 bits per heavy atom. The lowest BCUT2D eigenvalue weighted by molar-refractivity contribution is 0.0679. The second-order valence-electron chi connectivity index (χ2n) is 7.78. The summed E-state index contributed by atoms with van der Waals surface area (Å²) in [5, 5.41) is 22.0. The summed E-state index contributed by atoms with van der Waals surface area (Å²) in [5.74, 6) is -2.77. The average molecular weight is 439 g/mol. The molecular weight excluding hydrogens is 421 g/mol. The van der Waals surface area contributed by atoms with Crippen molar-refractivity contribution in [3.05, 3.63) is 108 Å². The molecule has 4 aromatic carbocycles. The maximum atomic E-state index is 15.0. The predicted molar refractivity (Wildman–Crippen MR) is 124 cm³/mol. The highest BCUT2D eigenvalue weighted by molar-refractivity contribution is 6.18. The SMILES string of the molecule is O=C(O)c1cccc(Cn2c(C(=O)O)c(-c3ccccc3F)c3c4ccccc4ccc32)c1. The first kappa shape index (κ1) is 20.5. The molecule has 0 aliphatic carbocycles. The minimum absolute atomic E-state index is 0.0489. The summed E-state index contributed by atoms with van der Waals surface area (Å²) in [7, 11) is 0. The van der Waals surface area contributed by atoms with Crippen LogP contribution >= 0.6 is 0 Å². The number of nitrogens with zero attached hydrogens (tertiary/aromatic N) is 1. The summed E-state index contributed by atoms with van der Waals surface area (Å²) in [6.45, 7) is 0.117. The van der Waals surface area contributed by atoms with Crippen LogP contribution in [0.3, 0.4) is 0 Å². The van der Waals surface area contributed by atoms with Crippen molar-refractivity contribution in [1.82, 2.24) is 4.57 Å². The average Bonchev–Trinajstić information content (AvgIpc) is 3.14. The van der Waals surface area contributed by atoms with Gasteiger partial charge in [-0.2, -0.15) is 0 Å². The van der Waals surface area contributed by atoms with E-state index >= 15 is 0 Å². The topological polar surface area (TPSA) is 79.5 Å². The van der Waals surface area contributed by atoms with E-state index in [0.717, 1.165) is 10.8 Å². The van der Waals surface area contributed by atoms with Crippen molar-refractivity contribution in [2.24, 2.45) is 0 Å². The van der Waals surface area contributed by atoms with Crippen molar-refractivity contribution in [3.63, 3.8) is 0 Å². The van der Waals surface area contributed by atoms with Gasteiger partial charge in [0, 0.05) is 23.1 Å². The van der Waals surface area contributed by atoms with Crippen molar-refractivity contribution in [1.29, 1.82) is 0 Å². The highest BCUT2D eigenvalue weighted by Gasteiger charge is 2.26. The van der Waals surface area contributed by atoms with Crippen LogP contribution in [-0.2, 0) is 6.54 Å². The number of hydrogen-bond donors (Lipinski definition) is 2. The Morgan fingerprint density at radius 3 is 2.33 bits per heavy atom. The molecule has 0 bridgehead atoms. The number of aromatic carboxylic acids is 2. The first-order valence-corrected chi connectivity index (χ1v) is 10.3. The Balaban J connectivity index is 1.89. The molecule has 1 aromatic heterocycles. The monoisotopic (exact) mass is 439 g/mol. The molecule has 33 heavy (non-hydrogen) atoms. The van der Waals surface area contributed by atoms with E-state index in [1.54, 1.807) is 34.9 Å². The molecule has 0 saturated heterocycles. The van der Waals surface area contributed by atoms with E-state index < -0.39 is 17.8 Å². The summed E-state index contributed by atoms with van der Waals surface area (Å²) in [4.78, 5) is 24.0. The van der Waals surface area contributed by atoms with Crippen molar-refractivity contribution < 1.29 is 24.2 Å². The van der Waals surface area contributed by atoms with Gasteiger partial charge < -0.3 is 14.8 Å². The van der Waals surface area contributed by atoms with Gasteiger partial charge in [0.05, 0.1) is 11.1 Å². The van der Waals surface area contributed by atoms with Gasteiger partial charge in [0.1, 0.15) is 11.5 Å². The van der Waals surface area contributed by atoms with Gasteiger partial charge >= 0.3 is 11.9 Å². The van der Waals surface area contributed by atoms with E-state index in [0.29, 0.717) is 22.0 Å². The quantitative estimate of drug-likeness (QED) is 0.350. The van der Waals surface area contributed by atoms with Gasteiger partial charge in [-0.1, -0.05) is 60.7 Å². The third-order valence-electron chi connectivity index (χ3n) is 5.81. The third-order valence-corrected chi connectivity index (χ3v) is 5.81. The molecule has 2 N–H and O–H groups in total. The number of hydrogen-bond acceptors (Lipinski definition) is 2. The number of carboxylic acids is 2. The number of carbonyl (C=O) groups is 2. The number of aromatic nitrogens is 1. The summed E-state index contributed by atoms with van der Waals surface area (Å²) < 4.78 is 16.6. The fourth-order valence-electron chi connectivity index (χ4n) is 4.42. The van der Waals surface area contributed by atoms with Crippen LogP contribution in [0.15, 0.2) is 84.9 Å². The van der Waals surface area contributed by atoms with Gasteiger partial charge in [0.15, 0.2) is 0 Å². The second-order valence-corrected chi connectivity index (χ2v) is 7.78. The third kappa shape index (κ3) is 3.42. The van der Waals surface area contributed by atoms with E-state index in [1.807, 2.05) is 36.4 Å². The second kappa shape index (κ2) is 7.91. The van der Waals surface area contributed by atoms with Crippen LogP contribution in [0.1, 0.15) is 26.4 Å². The number of carboxylic acid groups (broad SMARTS) is 2. The molecule has 0 spiro atoms. The smallest absolute Gasteiger partial charge is 0.353 e. The van der Waals surface area contributed by atoms with Crippen molar-refractivity contribution in [2.75, 3.05) is 0 Å². The molecular formula is C27H18FNO4. The van der Waals surface area contributed by atoms with Crippen molar-refractivity contribution in [3.8, 4) is 11.1 Å². The summed E-state index contributed by atoms with van der Waals surface area (Å²) in [5.41, 5.74) is 1.83. The first-order valence-electron chi connectivity index (χ1n) is 10.3. The van der Waals surface area contributed by atoms with Crippen LogP contribution < -0.4 is 0 Å². The molecule has 0 amide bonds. The van der Waals surface area contributed by atoms with Crippen LogP contribution in [0, 0.1) is 5.82 Å². The zero-order valence-electron chi connectivity index (χ0n) is 17.3. The van der Waals surface area contributed by atoms with Gasteiger partial charge in [-0.15, -0.1) is 0 Å². The molecule has 6 heteroatoms. The number of benzene rings is 4. The zero-order valence-corrected chi connectivity index (χ0v) is 17.3. The van der Waals surface area contributed by atoms with E-state index in [2.05, 4.69) is 0 Å². The van der Waals surface area contributed by atoms with Crippen LogP contribution in [-0.4, -0.2) is 26.7 Å². The van der Waals surface area contributed by atoms with Gasteiger partial charge in [-0.25, -0.2) is 14.0 Å². The lowest BCUT2D eigenvalue weighted by Crippen LogP contribution is -2.11. The summed E-state index contributed by atoms with van der Waals surface area (Å²) >= 11 is 0. The number of fused-ring (bicyclic) bond motifs is 3. The summed E-state index contributed by atoms with van der Waals surface area (Å²) in [6, 6.07) is 23.8. The van der Waals surface area contributed by atoms with Crippen LogP contribution in [0.25, 0.3) is 32.8 Å². The maximum Gasteiger partial charge on any atom is 0.353 e. The van der Waals surface area contributed by atoms with E-state index in [-0.39, 0.29) is 23.4 Å². The van der Waals surface area contributed by atoms with Gasteiger partial charge in [0.25, 0.3) is 0 Å². The van der Waals surface area contributed by atoms with Crippen LogP contribution in [0.5, 0.6) is 0 Å². The minimum atomic E-state index is -1.19. The molecule has 0 unspecified atom stereocenters. The first-order chi connectivity index (χ1) is 16.0. The van der Waals surface area contributed by atoms with Crippen molar-refractivity contribution in [2.45, 2.75) is 6.54 Å². The Morgan fingerprint density at radius 2 is 1.58 bits per heavy atom. The van der Waals surface area contributed by atoms with E-state index in [9.17, 15) is 24.2 Å². The molecule has 162 valence electrons. The predicted octanol–water partition coefficient (Wildman–Crippen LogP) is 6.05. The molecule has 5 rings (SSSR count). The molecule has 0 atom stereocenters. The van der Waals surface area contributed by atoms with Crippen molar-refractivity contribution >= 4 is 33.6 Å². The van der Waals surface area contributed by atoms with Gasteiger partial charge in [-0.05, 0) is 40.6 Å². The molecule has 0 aliphatic rings.